The van der Waals surface area contributed by atoms with Crippen molar-refractivity contribution in [3.8, 4) is 0 Å². The molecule has 1 heterocycles. The number of hydrogen-bond acceptors (Lipinski definition) is 2. The van der Waals surface area contributed by atoms with E-state index in [4.69, 9.17) is 0 Å². The van der Waals surface area contributed by atoms with Gasteiger partial charge in [-0.1, -0.05) is 42.5 Å². The number of pyridine rings is 1. The lowest BCUT2D eigenvalue weighted by atomic mass is 9.99. The van der Waals surface area contributed by atoms with Gasteiger partial charge in [0.25, 0.3) is 11.5 Å². The molecule has 3 aromatic rings. The third kappa shape index (κ3) is 3.19. The van der Waals surface area contributed by atoms with Gasteiger partial charge in [0.05, 0.1) is 16.1 Å². The number of carbonyl (C=O) groups excluding carboxylic acids is 1. The van der Waals surface area contributed by atoms with E-state index in [9.17, 15) is 9.59 Å². The van der Waals surface area contributed by atoms with E-state index in [0.717, 1.165) is 16.3 Å². The quantitative estimate of drug-likeness (QED) is 0.736. The van der Waals surface area contributed by atoms with Crippen LogP contribution in [0.1, 0.15) is 28.9 Å². The average molecular weight is 371 g/mol. The maximum absolute atomic E-state index is 12.4. The number of H-pyrrole nitrogens is 1. The number of halogens is 1. The van der Waals surface area contributed by atoms with Crippen LogP contribution in [0, 0.1) is 0 Å². The lowest BCUT2D eigenvalue weighted by Crippen LogP contribution is -2.27. The summed E-state index contributed by atoms with van der Waals surface area (Å²) < 4.78 is 0.336. The summed E-state index contributed by atoms with van der Waals surface area (Å²) >= 11 is 3.13. The molecule has 0 radical (unpaired) electrons. The molecular formula is C18H15BrN2O2. The van der Waals surface area contributed by atoms with E-state index >= 15 is 0 Å². The third-order valence-electron chi connectivity index (χ3n) is 3.76. The number of amides is 1. The van der Waals surface area contributed by atoms with Crippen LogP contribution in [0.15, 0.2) is 64.0 Å². The van der Waals surface area contributed by atoms with Crippen molar-refractivity contribution in [2.24, 2.45) is 0 Å². The Morgan fingerprint density at radius 2 is 1.91 bits per heavy atom. The number of benzene rings is 2. The zero-order valence-corrected chi connectivity index (χ0v) is 14.1. The summed E-state index contributed by atoms with van der Waals surface area (Å²) in [4.78, 5) is 26.3. The van der Waals surface area contributed by atoms with E-state index in [2.05, 4.69) is 26.2 Å². The largest absolute Gasteiger partial charge is 0.345 e. The first kappa shape index (κ1) is 15.5. The molecule has 0 saturated heterocycles. The highest BCUT2D eigenvalue weighted by Gasteiger charge is 2.14. The molecule has 116 valence electrons. The Balaban J connectivity index is 1.88. The normalized spacial score (nSPS) is 12.1. The minimum Gasteiger partial charge on any atom is -0.345 e. The fourth-order valence-corrected chi connectivity index (χ4v) is 2.93. The van der Waals surface area contributed by atoms with Gasteiger partial charge >= 0.3 is 0 Å². The van der Waals surface area contributed by atoms with Crippen molar-refractivity contribution in [3.63, 3.8) is 0 Å². The molecule has 1 unspecified atom stereocenters. The molecule has 0 spiro atoms. The Morgan fingerprint density at radius 3 is 2.70 bits per heavy atom. The van der Waals surface area contributed by atoms with Crippen LogP contribution in [-0.4, -0.2) is 10.9 Å². The van der Waals surface area contributed by atoms with Crippen LogP contribution in [-0.2, 0) is 0 Å². The third-order valence-corrected chi connectivity index (χ3v) is 4.35. The molecule has 0 fully saturated rings. The molecule has 1 atom stereocenters. The fraction of sp³-hybridized carbons (Fsp3) is 0.111. The standard InChI is InChI=1S/C18H15BrN2O2/c1-11(14-8-4-6-12-5-2-3-7-15(12)14)21-17(22)13-9-16(19)18(23)20-10-13/h2-11H,1H3,(H,20,23)(H,21,22). The molecule has 3 rings (SSSR count). The summed E-state index contributed by atoms with van der Waals surface area (Å²) in [5, 5.41) is 5.22. The molecule has 1 amide bonds. The second kappa shape index (κ2) is 6.38. The lowest BCUT2D eigenvalue weighted by molar-refractivity contribution is 0.0939. The number of fused-ring (bicyclic) bond motifs is 1. The number of aromatic amines is 1. The van der Waals surface area contributed by atoms with Crippen LogP contribution >= 0.6 is 15.9 Å². The van der Waals surface area contributed by atoms with Gasteiger partial charge in [0.1, 0.15) is 0 Å². The van der Waals surface area contributed by atoms with Crippen LogP contribution in [0.25, 0.3) is 10.8 Å². The Labute approximate surface area is 141 Å². The molecule has 4 nitrogen and oxygen atoms in total. The Morgan fingerprint density at radius 1 is 1.17 bits per heavy atom. The number of carbonyl (C=O) groups is 1. The van der Waals surface area contributed by atoms with Gasteiger partial charge in [0.15, 0.2) is 0 Å². The Bertz CT molecular complexity index is 928. The van der Waals surface area contributed by atoms with Gasteiger partial charge < -0.3 is 10.3 Å². The van der Waals surface area contributed by atoms with Gasteiger partial charge in [-0.3, -0.25) is 9.59 Å². The van der Waals surface area contributed by atoms with Crippen molar-refractivity contribution >= 4 is 32.6 Å². The monoisotopic (exact) mass is 370 g/mol. The second-order valence-electron chi connectivity index (χ2n) is 5.33. The molecule has 0 aliphatic carbocycles. The van der Waals surface area contributed by atoms with E-state index in [-0.39, 0.29) is 17.5 Å². The van der Waals surface area contributed by atoms with Crippen molar-refractivity contribution in [3.05, 3.63) is 80.7 Å². The van der Waals surface area contributed by atoms with Gasteiger partial charge in [0.2, 0.25) is 0 Å². The molecule has 1 aromatic heterocycles. The molecule has 5 heteroatoms. The molecule has 0 bridgehead atoms. The van der Waals surface area contributed by atoms with Gasteiger partial charge in [-0.25, -0.2) is 0 Å². The van der Waals surface area contributed by atoms with E-state index in [0.29, 0.717) is 10.0 Å². The molecule has 0 saturated carbocycles. The van der Waals surface area contributed by atoms with Crippen molar-refractivity contribution in [1.82, 2.24) is 10.3 Å². The van der Waals surface area contributed by atoms with Crippen molar-refractivity contribution in [1.29, 1.82) is 0 Å². The highest BCUT2D eigenvalue weighted by atomic mass is 79.9. The van der Waals surface area contributed by atoms with Gasteiger partial charge in [-0.05, 0) is 45.3 Å². The van der Waals surface area contributed by atoms with Crippen molar-refractivity contribution in [2.45, 2.75) is 13.0 Å². The van der Waals surface area contributed by atoms with E-state index in [1.54, 1.807) is 0 Å². The first-order valence-corrected chi connectivity index (χ1v) is 8.02. The average Bonchev–Trinajstić information content (AvgIpc) is 2.56. The summed E-state index contributed by atoms with van der Waals surface area (Å²) in [7, 11) is 0. The van der Waals surface area contributed by atoms with Crippen LogP contribution in [0.4, 0.5) is 0 Å². The summed E-state index contributed by atoms with van der Waals surface area (Å²) in [6.45, 7) is 1.94. The first-order valence-electron chi connectivity index (χ1n) is 7.23. The van der Waals surface area contributed by atoms with Crippen LogP contribution < -0.4 is 10.9 Å². The Kier molecular flexibility index (Phi) is 4.30. The van der Waals surface area contributed by atoms with Crippen LogP contribution in [0.3, 0.4) is 0 Å². The predicted molar refractivity (Wildman–Crippen MR) is 94.6 cm³/mol. The van der Waals surface area contributed by atoms with Crippen LogP contribution in [0.5, 0.6) is 0 Å². The smallest absolute Gasteiger partial charge is 0.262 e. The minimum absolute atomic E-state index is 0.153. The SMILES string of the molecule is CC(NC(=O)c1c[nH]c(=O)c(Br)c1)c1cccc2ccccc12. The minimum atomic E-state index is -0.261. The summed E-state index contributed by atoms with van der Waals surface area (Å²) in [6, 6.07) is 15.5. The molecule has 0 aliphatic rings. The maximum Gasteiger partial charge on any atom is 0.262 e. The fourth-order valence-electron chi connectivity index (χ4n) is 2.57. The molecule has 23 heavy (non-hydrogen) atoms. The van der Waals surface area contributed by atoms with E-state index in [1.165, 1.54) is 12.3 Å². The number of nitrogens with one attached hydrogen (secondary N) is 2. The highest BCUT2D eigenvalue weighted by Crippen LogP contribution is 2.24. The van der Waals surface area contributed by atoms with Gasteiger partial charge in [-0.2, -0.15) is 0 Å². The number of aromatic nitrogens is 1. The Hall–Kier alpha value is -2.40. The van der Waals surface area contributed by atoms with Gasteiger partial charge in [0, 0.05) is 6.20 Å². The summed E-state index contributed by atoms with van der Waals surface area (Å²) in [6.07, 6.45) is 1.41. The number of rotatable bonds is 3. The molecular weight excluding hydrogens is 356 g/mol. The zero-order valence-electron chi connectivity index (χ0n) is 12.5. The molecule has 2 aromatic carbocycles. The van der Waals surface area contributed by atoms with E-state index in [1.807, 2.05) is 49.4 Å². The summed E-state index contributed by atoms with van der Waals surface area (Å²) in [5.41, 5.74) is 1.20. The van der Waals surface area contributed by atoms with E-state index < -0.39 is 0 Å². The topological polar surface area (TPSA) is 62.0 Å². The second-order valence-corrected chi connectivity index (χ2v) is 6.18. The first-order chi connectivity index (χ1) is 11.1. The molecule has 0 aliphatic heterocycles. The van der Waals surface area contributed by atoms with Crippen LogP contribution in [0.2, 0.25) is 0 Å². The van der Waals surface area contributed by atoms with Crippen molar-refractivity contribution in [2.75, 3.05) is 0 Å². The summed E-state index contributed by atoms with van der Waals surface area (Å²) in [5.74, 6) is -0.234. The maximum atomic E-state index is 12.4. The van der Waals surface area contributed by atoms with Crippen molar-refractivity contribution < 1.29 is 4.79 Å². The highest BCUT2D eigenvalue weighted by molar-refractivity contribution is 9.10. The lowest BCUT2D eigenvalue weighted by Gasteiger charge is -2.16. The van der Waals surface area contributed by atoms with Gasteiger partial charge in [-0.15, -0.1) is 0 Å². The number of hydrogen-bond donors (Lipinski definition) is 2. The molecule has 2 N–H and O–H groups in total. The predicted octanol–water partition coefficient (Wildman–Crippen LogP) is 3.78. The zero-order chi connectivity index (χ0) is 16.4.